The Bertz CT molecular complexity index is 200. The smallest absolute Gasteiger partial charge is 0.319 e. The van der Waals surface area contributed by atoms with E-state index in [0.29, 0.717) is 0 Å². The number of carbonyl (C=O) groups excluding carboxylic acids is 1. The van der Waals surface area contributed by atoms with Gasteiger partial charge in [-0.3, -0.25) is 9.59 Å². The van der Waals surface area contributed by atoms with Crippen molar-refractivity contribution in [3.8, 4) is 0 Å². The number of nitrogens with two attached hydrogens (primary N) is 1. The normalized spacial score (nSPS) is 17.5. The molecule has 0 aliphatic rings. The predicted octanol–water partition coefficient (Wildman–Crippen LogP) is -0.0124. The van der Waals surface area contributed by atoms with Crippen LogP contribution < -0.4 is 5.73 Å². The first-order chi connectivity index (χ1) is 5.84. The van der Waals surface area contributed by atoms with Crippen molar-refractivity contribution in [3.05, 3.63) is 0 Å². The van der Waals surface area contributed by atoms with Crippen molar-refractivity contribution >= 4 is 11.9 Å². The summed E-state index contributed by atoms with van der Waals surface area (Å²) in [6.45, 7) is 2.98. The molecule has 0 aromatic carbocycles. The zero-order chi connectivity index (χ0) is 10.6. The largest absolute Gasteiger partial charge is 0.480 e. The molecular formula is C8H15NO4. The third-order valence-corrected chi connectivity index (χ3v) is 2.11. The van der Waals surface area contributed by atoms with Gasteiger partial charge in [0.15, 0.2) is 0 Å². The lowest BCUT2D eigenvalue weighted by atomic mass is 9.84. The second-order valence-corrected chi connectivity index (χ2v) is 3.25. The first kappa shape index (κ1) is 11.9. The number of carboxylic acids is 1. The van der Waals surface area contributed by atoms with Crippen LogP contribution in [0.4, 0.5) is 0 Å². The lowest BCUT2D eigenvalue weighted by Crippen LogP contribution is -2.43. The highest BCUT2D eigenvalue weighted by atomic mass is 16.5. The standard InChI is InChI=1S/C8H15NO4/c1-5(13-3)4-8(2,6(9)10)7(11)12/h5H,4H2,1-3H3,(H2,9,10)(H,11,12). The highest BCUT2D eigenvalue weighted by Crippen LogP contribution is 2.24. The Morgan fingerprint density at radius 3 is 2.31 bits per heavy atom. The van der Waals surface area contributed by atoms with Crippen LogP contribution in [0.25, 0.3) is 0 Å². The van der Waals surface area contributed by atoms with Gasteiger partial charge < -0.3 is 15.6 Å². The summed E-state index contributed by atoms with van der Waals surface area (Å²) in [6.07, 6.45) is -0.234. The van der Waals surface area contributed by atoms with Crippen molar-refractivity contribution in [3.63, 3.8) is 0 Å². The van der Waals surface area contributed by atoms with Crippen LogP contribution in [0.1, 0.15) is 20.3 Å². The summed E-state index contributed by atoms with van der Waals surface area (Å²) >= 11 is 0. The second-order valence-electron chi connectivity index (χ2n) is 3.25. The second kappa shape index (κ2) is 4.23. The molecule has 3 N–H and O–H groups in total. The molecule has 76 valence electrons. The van der Waals surface area contributed by atoms with Crippen LogP contribution in [-0.4, -0.2) is 30.2 Å². The summed E-state index contributed by atoms with van der Waals surface area (Å²) in [5.41, 5.74) is 3.45. The van der Waals surface area contributed by atoms with Crippen molar-refractivity contribution in [2.24, 2.45) is 11.1 Å². The van der Waals surface area contributed by atoms with E-state index in [-0.39, 0.29) is 12.5 Å². The van der Waals surface area contributed by atoms with E-state index in [4.69, 9.17) is 15.6 Å². The minimum absolute atomic E-state index is 0.0775. The number of primary amides is 1. The van der Waals surface area contributed by atoms with Crippen LogP contribution in [0.3, 0.4) is 0 Å². The number of carboxylic acid groups (broad SMARTS) is 1. The summed E-state index contributed by atoms with van der Waals surface area (Å²) in [7, 11) is 1.45. The van der Waals surface area contributed by atoms with Gasteiger partial charge in [-0.05, 0) is 20.3 Å². The zero-order valence-corrected chi connectivity index (χ0v) is 8.03. The molecule has 0 saturated heterocycles. The molecule has 0 saturated carbocycles. The lowest BCUT2D eigenvalue weighted by Gasteiger charge is -2.23. The fourth-order valence-corrected chi connectivity index (χ4v) is 0.952. The van der Waals surface area contributed by atoms with Crippen molar-refractivity contribution in [1.82, 2.24) is 0 Å². The minimum atomic E-state index is -1.55. The maximum Gasteiger partial charge on any atom is 0.319 e. The third-order valence-electron chi connectivity index (χ3n) is 2.11. The molecule has 0 aliphatic heterocycles. The SMILES string of the molecule is COC(C)CC(C)(C(N)=O)C(=O)O. The third kappa shape index (κ3) is 2.69. The highest BCUT2D eigenvalue weighted by molar-refractivity contribution is 6.00. The van der Waals surface area contributed by atoms with Gasteiger partial charge in [0.1, 0.15) is 5.41 Å². The fourth-order valence-electron chi connectivity index (χ4n) is 0.952. The predicted molar refractivity (Wildman–Crippen MR) is 46.0 cm³/mol. The summed E-state index contributed by atoms with van der Waals surface area (Å²) in [6, 6.07) is 0. The maximum absolute atomic E-state index is 10.9. The van der Waals surface area contributed by atoms with Crippen LogP contribution in [0.15, 0.2) is 0 Å². The lowest BCUT2D eigenvalue weighted by molar-refractivity contribution is -0.155. The van der Waals surface area contributed by atoms with Crippen molar-refractivity contribution in [1.29, 1.82) is 0 Å². The van der Waals surface area contributed by atoms with Gasteiger partial charge in [-0.15, -0.1) is 0 Å². The van der Waals surface area contributed by atoms with Crippen LogP contribution in [0.2, 0.25) is 0 Å². The Hall–Kier alpha value is -1.10. The summed E-state index contributed by atoms with van der Waals surface area (Å²) in [5.74, 6) is -2.06. The average molecular weight is 189 g/mol. The monoisotopic (exact) mass is 189 g/mol. The number of hydrogen-bond donors (Lipinski definition) is 2. The molecule has 1 amide bonds. The van der Waals surface area contributed by atoms with Crippen LogP contribution in [0, 0.1) is 5.41 Å². The Kier molecular flexibility index (Phi) is 3.87. The van der Waals surface area contributed by atoms with Gasteiger partial charge in [-0.1, -0.05) is 0 Å². The van der Waals surface area contributed by atoms with Crippen molar-refractivity contribution in [2.45, 2.75) is 26.4 Å². The molecule has 2 unspecified atom stereocenters. The van der Waals surface area contributed by atoms with Gasteiger partial charge in [0.2, 0.25) is 5.91 Å². The van der Waals surface area contributed by atoms with Crippen LogP contribution in [0.5, 0.6) is 0 Å². The van der Waals surface area contributed by atoms with E-state index >= 15 is 0 Å². The summed E-state index contributed by atoms with van der Waals surface area (Å²) in [5, 5.41) is 8.79. The first-order valence-electron chi connectivity index (χ1n) is 3.90. The molecule has 0 aliphatic carbocycles. The highest BCUT2D eigenvalue weighted by Gasteiger charge is 2.40. The van der Waals surface area contributed by atoms with E-state index < -0.39 is 17.3 Å². The molecule has 0 fully saturated rings. The number of aliphatic carboxylic acids is 1. The minimum Gasteiger partial charge on any atom is -0.480 e. The Labute approximate surface area is 76.9 Å². The number of hydrogen-bond acceptors (Lipinski definition) is 3. The fraction of sp³-hybridized carbons (Fsp3) is 0.750. The Morgan fingerprint density at radius 2 is 2.08 bits per heavy atom. The molecule has 5 nitrogen and oxygen atoms in total. The Morgan fingerprint density at radius 1 is 1.62 bits per heavy atom. The van der Waals surface area contributed by atoms with Gasteiger partial charge in [0.05, 0.1) is 6.10 Å². The zero-order valence-electron chi connectivity index (χ0n) is 8.03. The van der Waals surface area contributed by atoms with Gasteiger partial charge in [-0.25, -0.2) is 0 Å². The Balaban J connectivity index is 4.61. The molecule has 0 aromatic heterocycles. The molecule has 0 rings (SSSR count). The number of carbonyl (C=O) groups is 2. The van der Waals surface area contributed by atoms with E-state index in [1.165, 1.54) is 14.0 Å². The van der Waals surface area contributed by atoms with Crippen molar-refractivity contribution < 1.29 is 19.4 Å². The van der Waals surface area contributed by atoms with E-state index in [1.807, 2.05) is 0 Å². The van der Waals surface area contributed by atoms with E-state index in [0.717, 1.165) is 0 Å². The van der Waals surface area contributed by atoms with Gasteiger partial charge in [0, 0.05) is 7.11 Å². The molecule has 13 heavy (non-hydrogen) atoms. The van der Waals surface area contributed by atoms with E-state index in [1.54, 1.807) is 6.92 Å². The van der Waals surface area contributed by atoms with Crippen LogP contribution in [-0.2, 0) is 14.3 Å². The van der Waals surface area contributed by atoms with Gasteiger partial charge >= 0.3 is 5.97 Å². The van der Waals surface area contributed by atoms with Gasteiger partial charge in [-0.2, -0.15) is 0 Å². The van der Waals surface area contributed by atoms with Gasteiger partial charge in [0.25, 0.3) is 0 Å². The summed E-state index contributed by atoms with van der Waals surface area (Å²) < 4.78 is 4.88. The molecule has 0 bridgehead atoms. The molecule has 0 spiro atoms. The van der Waals surface area contributed by atoms with E-state index in [2.05, 4.69) is 0 Å². The molecule has 0 heterocycles. The first-order valence-corrected chi connectivity index (χ1v) is 3.90. The number of methoxy groups -OCH3 is 1. The van der Waals surface area contributed by atoms with E-state index in [9.17, 15) is 9.59 Å². The molecule has 0 aromatic rings. The maximum atomic E-state index is 10.9. The molecule has 5 heteroatoms. The number of ether oxygens (including phenoxy) is 1. The molecule has 2 atom stereocenters. The number of rotatable bonds is 5. The van der Waals surface area contributed by atoms with Crippen molar-refractivity contribution in [2.75, 3.05) is 7.11 Å². The number of amides is 1. The quantitative estimate of drug-likeness (QED) is 0.595. The topological polar surface area (TPSA) is 89.6 Å². The molecule has 0 radical (unpaired) electrons. The van der Waals surface area contributed by atoms with Crippen LogP contribution >= 0.6 is 0 Å². The molecular weight excluding hydrogens is 174 g/mol. The average Bonchev–Trinajstić information content (AvgIpc) is 2.03. The summed E-state index contributed by atoms with van der Waals surface area (Å²) in [4.78, 5) is 21.7.